The van der Waals surface area contributed by atoms with Crippen LogP contribution in [0.3, 0.4) is 0 Å². The molecule has 4 nitrogen and oxygen atoms in total. The van der Waals surface area contributed by atoms with E-state index in [0.717, 1.165) is 10.7 Å². The molecule has 6 heteroatoms. The van der Waals surface area contributed by atoms with Crippen LogP contribution in [0.25, 0.3) is 22.4 Å². The third-order valence-electron chi connectivity index (χ3n) is 2.74. The first-order valence-corrected chi connectivity index (χ1v) is 6.63. The van der Waals surface area contributed by atoms with Crippen molar-refractivity contribution in [2.75, 3.05) is 12.4 Å². The minimum atomic E-state index is -0.301. The van der Waals surface area contributed by atoms with Gasteiger partial charge >= 0.3 is 0 Å². The first kappa shape index (κ1) is 12.0. The highest BCUT2D eigenvalue weighted by molar-refractivity contribution is 7.09. The van der Waals surface area contributed by atoms with Gasteiger partial charge in [0.2, 0.25) is 0 Å². The summed E-state index contributed by atoms with van der Waals surface area (Å²) in [6.45, 7) is 1.93. The lowest BCUT2D eigenvalue weighted by Crippen LogP contribution is -1.99. The van der Waals surface area contributed by atoms with Gasteiger partial charge in [-0.1, -0.05) is 0 Å². The topological polar surface area (TPSA) is 50.7 Å². The lowest BCUT2D eigenvalue weighted by Gasteiger charge is -2.06. The van der Waals surface area contributed by atoms with Crippen molar-refractivity contribution in [2.24, 2.45) is 0 Å². The SMILES string of the molecule is CNc1nc(-c2csc(C)n2)nc2ccc(F)cc12. The second-order valence-electron chi connectivity index (χ2n) is 4.06. The van der Waals surface area contributed by atoms with Crippen molar-refractivity contribution in [3.63, 3.8) is 0 Å². The Hall–Kier alpha value is -2.08. The summed E-state index contributed by atoms with van der Waals surface area (Å²) >= 11 is 1.55. The van der Waals surface area contributed by atoms with E-state index in [1.165, 1.54) is 12.1 Å². The molecule has 0 unspecified atom stereocenters. The maximum Gasteiger partial charge on any atom is 0.181 e. The van der Waals surface area contributed by atoms with Gasteiger partial charge in [0.05, 0.1) is 10.5 Å². The van der Waals surface area contributed by atoms with E-state index in [-0.39, 0.29) is 5.82 Å². The van der Waals surface area contributed by atoms with E-state index in [2.05, 4.69) is 20.3 Å². The van der Waals surface area contributed by atoms with Crippen LogP contribution in [0.15, 0.2) is 23.6 Å². The second kappa shape index (κ2) is 4.55. The normalized spacial score (nSPS) is 10.9. The summed E-state index contributed by atoms with van der Waals surface area (Å²) in [6, 6.07) is 4.47. The fourth-order valence-corrected chi connectivity index (χ4v) is 2.46. The molecule has 3 rings (SSSR count). The molecule has 2 heterocycles. The lowest BCUT2D eigenvalue weighted by atomic mass is 10.2. The smallest absolute Gasteiger partial charge is 0.181 e. The molecule has 0 aliphatic carbocycles. The number of nitrogens with one attached hydrogen (secondary N) is 1. The number of aryl methyl sites for hydroxylation is 1. The minimum Gasteiger partial charge on any atom is -0.373 e. The van der Waals surface area contributed by atoms with E-state index in [1.807, 2.05) is 12.3 Å². The highest BCUT2D eigenvalue weighted by Crippen LogP contribution is 2.26. The van der Waals surface area contributed by atoms with Gasteiger partial charge in [0, 0.05) is 17.8 Å². The first-order valence-electron chi connectivity index (χ1n) is 5.75. The van der Waals surface area contributed by atoms with Gasteiger partial charge in [0.1, 0.15) is 17.3 Å². The molecule has 0 spiro atoms. The van der Waals surface area contributed by atoms with Crippen LogP contribution in [0.4, 0.5) is 10.2 Å². The van der Waals surface area contributed by atoms with Crippen molar-refractivity contribution in [1.82, 2.24) is 15.0 Å². The molecule has 96 valence electrons. The highest BCUT2D eigenvalue weighted by atomic mass is 32.1. The standard InChI is InChI=1S/C13H11FN4S/c1-7-16-11(6-19-7)13-17-10-4-3-8(14)5-9(10)12(15-2)18-13/h3-6H,1-2H3,(H,15,17,18). The van der Waals surface area contributed by atoms with Crippen LogP contribution in [0.5, 0.6) is 0 Å². The van der Waals surface area contributed by atoms with Crippen LogP contribution in [0.2, 0.25) is 0 Å². The summed E-state index contributed by atoms with van der Waals surface area (Å²) in [7, 11) is 1.75. The number of thiazole rings is 1. The summed E-state index contributed by atoms with van der Waals surface area (Å²) in [5.74, 6) is 0.850. The van der Waals surface area contributed by atoms with Crippen molar-refractivity contribution >= 4 is 28.1 Å². The molecule has 1 aromatic carbocycles. The summed E-state index contributed by atoms with van der Waals surface area (Å²) in [5, 5.41) is 6.51. The molecule has 0 amide bonds. The largest absolute Gasteiger partial charge is 0.373 e. The molecule has 3 aromatic rings. The van der Waals surface area contributed by atoms with Gasteiger partial charge in [-0.05, 0) is 25.1 Å². The molecule has 19 heavy (non-hydrogen) atoms. The Balaban J connectivity index is 2.25. The zero-order valence-electron chi connectivity index (χ0n) is 10.4. The van der Waals surface area contributed by atoms with Crippen molar-refractivity contribution < 1.29 is 4.39 Å². The number of fused-ring (bicyclic) bond motifs is 1. The van der Waals surface area contributed by atoms with Gasteiger partial charge in [-0.25, -0.2) is 19.3 Å². The molecular weight excluding hydrogens is 263 g/mol. The van der Waals surface area contributed by atoms with Gasteiger partial charge in [-0.3, -0.25) is 0 Å². The van der Waals surface area contributed by atoms with E-state index in [9.17, 15) is 4.39 Å². The average molecular weight is 274 g/mol. The third kappa shape index (κ3) is 2.15. The summed E-state index contributed by atoms with van der Waals surface area (Å²) in [5.41, 5.74) is 1.44. The van der Waals surface area contributed by atoms with Crippen molar-refractivity contribution in [1.29, 1.82) is 0 Å². The summed E-state index contributed by atoms with van der Waals surface area (Å²) in [6.07, 6.45) is 0. The molecule has 2 aromatic heterocycles. The Morgan fingerprint density at radius 1 is 1.21 bits per heavy atom. The van der Waals surface area contributed by atoms with Gasteiger partial charge in [0.25, 0.3) is 0 Å². The highest BCUT2D eigenvalue weighted by Gasteiger charge is 2.11. The number of halogens is 1. The number of hydrogen-bond acceptors (Lipinski definition) is 5. The zero-order valence-corrected chi connectivity index (χ0v) is 11.3. The number of nitrogens with zero attached hydrogens (tertiary/aromatic N) is 3. The lowest BCUT2D eigenvalue weighted by molar-refractivity contribution is 0.629. The predicted molar refractivity (Wildman–Crippen MR) is 74.9 cm³/mol. The Labute approximate surface area is 113 Å². The molecule has 0 atom stereocenters. The molecule has 0 saturated carbocycles. The fourth-order valence-electron chi connectivity index (χ4n) is 1.87. The Bertz CT molecular complexity index is 753. The van der Waals surface area contributed by atoms with E-state index >= 15 is 0 Å². The molecule has 1 N–H and O–H groups in total. The zero-order chi connectivity index (χ0) is 13.4. The van der Waals surface area contributed by atoms with E-state index < -0.39 is 0 Å². The molecule has 0 aliphatic rings. The van der Waals surface area contributed by atoms with Gasteiger partial charge in [0.15, 0.2) is 5.82 Å². The minimum absolute atomic E-state index is 0.301. The second-order valence-corrected chi connectivity index (χ2v) is 5.12. The van der Waals surface area contributed by atoms with Crippen LogP contribution >= 0.6 is 11.3 Å². The Kier molecular flexibility index (Phi) is 2.87. The van der Waals surface area contributed by atoms with Gasteiger partial charge < -0.3 is 5.32 Å². The molecule has 0 fully saturated rings. The molecule has 0 bridgehead atoms. The van der Waals surface area contributed by atoms with Gasteiger partial charge in [-0.2, -0.15) is 0 Å². The summed E-state index contributed by atoms with van der Waals surface area (Å²) < 4.78 is 13.3. The van der Waals surface area contributed by atoms with E-state index in [1.54, 1.807) is 24.5 Å². The number of rotatable bonds is 2. The van der Waals surface area contributed by atoms with Gasteiger partial charge in [-0.15, -0.1) is 11.3 Å². The number of anilines is 1. The molecule has 0 radical (unpaired) electrons. The number of benzene rings is 1. The van der Waals surface area contributed by atoms with Crippen LogP contribution in [0, 0.1) is 12.7 Å². The van der Waals surface area contributed by atoms with E-state index in [0.29, 0.717) is 22.5 Å². The number of hydrogen-bond donors (Lipinski definition) is 1. The number of aromatic nitrogens is 3. The van der Waals surface area contributed by atoms with Crippen molar-refractivity contribution in [3.8, 4) is 11.5 Å². The Morgan fingerprint density at radius 2 is 2.05 bits per heavy atom. The van der Waals surface area contributed by atoms with Crippen molar-refractivity contribution in [2.45, 2.75) is 6.92 Å². The predicted octanol–water partition coefficient (Wildman–Crippen LogP) is 3.24. The summed E-state index contributed by atoms with van der Waals surface area (Å²) in [4.78, 5) is 13.2. The maximum absolute atomic E-state index is 13.3. The average Bonchev–Trinajstić information content (AvgIpc) is 2.84. The monoisotopic (exact) mass is 274 g/mol. The maximum atomic E-state index is 13.3. The molecular formula is C13H11FN4S. The Morgan fingerprint density at radius 3 is 2.74 bits per heavy atom. The molecule has 0 aliphatic heterocycles. The van der Waals surface area contributed by atoms with Crippen LogP contribution in [-0.2, 0) is 0 Å². The fraction of sp³-hybridized carbons (Fsp3) is 0.154. The molecule has 0 saturated heterocycles. The van der Waals surface area contributed by atoms with E-state index in [4.69, 9.17) is 0 Å². The first-order chi connectivity index (χ1) is 9.17. The van der Waals surface area contributed by atoms with Crippen molar-refractivity contribution in [3.05, 3.63) is 34.4 Å². The quantitative estimate of drug-likeness (QED) is 0.779. The van der Waals surface area contributed by atoms with Crippen LogP contribution in [0.1, 0.15) is 5.01 Å². The van der Waals surface area contributed by atoms with Crippen LogP contribution < -0.4 is 5.32 Å². The third-order valence-corrected chi connectivity index (χ3v) is 3.52. The van der Waals surface area contributed by atoms with Crippen LogP contribution in [-0.4, -0.2) is 22.0 Å².